The average Bonchev–Trinajstić information content (AvgIpc) is 3.29. The predicted octanol–water partition coefficient (Wildman–Crippen LogP) is 4.79. The Morgan fingerprint density at radius 1 is 0.962 bits per heavy atom. The molecule has 26 heavy (non-hydrogen) atoms. The maximum atomic E-state index is 5.55. The van der Waals surface area contributed by atoms with E-state index in [1.807, 2.05) is 71.5 Å². The molecule has 0 saturated heterocycles. The molecule has 2 aromatic carbocycles. The standard InChI is InChI=1S/C21H20N4O/c1-15(2)13-19-22-21(26-24-19)18-14-25(17-11-7-4-8-12-17)23-20(18)16-9-5-3-6-10-16/h3-12,14-15H,13H2,1-2H3. The summed E-state index contributed by atoms with van der Waals surface area (Å²) in [5.74, 6) is 1.70. The molecule has 130 valence electrons. The summed E-state index contributed by atoms with van der Waals surface area (Å²) in [6, 6.07) is 20.1. The van der Waals surface area contributed by atoms with Crippen LogP contribution in [0.5, 0.6) is 0 Å². The van der Waals surface area contributed by atoms with E-state index in [1.54, 1.807) is 0 Å². The van der Waals surface area contributed by atoms with Crippen LogP contribution in [0.2, 0.25) is 0 Å². The predicted molar refractivity (Wildman–Crippen MR) is 101 cm³/mol. The lowest BCUT2D eigenvalue weighted by Gasteiger charge is -2.00. The fraction of sp³-hybridized carbons (Fsp3) is 0.190. The lowest BCUT2D eigenvalue weighted by atomic mass is 10.1. The van der Waals surface area contributed by atoms with Gasteiger partial charge in [-0.05, 0) is 18.1 Å². The summed E-state index contributed by atoms with van der Waals surface area (Å²) in [4.78, 5) is 4.58. The zero-order valence-electron chi connectivity index (χ0n) is 14.8. The SMILES string of the molecule is CC(C)Cc1noc(-c2cn(-c3ccccc3)nc2-c2ccccc2)n1. The van der Waals surface area contributed by atoms with Crippen LogP contribution in [0.25, 0.3) is 28.4 Å². The van der Waals surface area contributed by atoms with E-state index in [9.17, 15) is 0 Å². The van der Waals surface area contributed by atoms with Crippen molar-refractivity contribution in [3.8, 4) is 28.4 Å². The molecule has 0 spiro atoms. The Kier molecular flexibility index (Phi) is 4.35. The molecule has 4 rings (SSSR count). The van der Waals surface area contributed by atoms with Crippen molar-refractivity contribution in [2.75, 3.05) is 0 Å². The molecule has 5 heteroatoms. The van der Waals surface area contributed by atoms with Gasteiger partial charge in [0.2, 0.25) is 0 Å². The number of nitrogens with zero attached hydrogens (tertiary/aromatic N) is 4. The molecule has 0 fully saturated rings. The molecule has 4 aromatic rings. The third-order valence-electron chi connectivity index (χ3n) is 4.07. The lowest BCUT2D eigenvalue weighted by Crippen LogP contribution is -1.95. The summed E-state index contributed by atoms with van der Waals surface area (Å²) in [5, 5.41) is 8.91. The summed E-state index contributed by atoms with van der Waals surface area (Å²) in [6.45, 7) is 4.28. The summed E-state index contributed by atoms with van der Waals surface area (Å²) >= 11 is 0. The van der Waals surface area contributed by atoms with Crippen molar-refractivity contribution in [2.24, 2.45) is 5.92 Å². The van der Waals surface area contributed by atoms with Crippen LogP contribution in [0.4, 0.5) is 0 Å². The third kappa shape index (κ3) is 3.28. The number of aromatic nitrogens is 4. The minimum atomic E-state index is 0.473. The van der Waals surface area contributed by atoms with Gasteiger partial charge in [-0.3, -0.25) is 0 Å². The van der Waals surface area contributed by atoms with E-state index in [4.69, 9.17) is 9.62 Å². The average molecular weight is 344 g/mol. The van der Waals surface area contributed by atoms with Gasteiger partial charge in [-0.2, -0.15) is 10.1 Å². The third-order valence-corrected chi connectivity index (χ3v) is 4.07. The Morgan fingerprint density at radius 3 is 2.35 bits per heavy atom. The fourth-order valence-corrected chi connectivity index (χ4v) is 2.86. The Bertz CT molecular complexity index is 987. The highest BCUT2D eigenvalue weighted by molar-refractivity contribution is 5.76. The Labute approximate surface area is 152 Å². The number of benzene rings is 2. The van der Waals surface area contributed by atoms with Crippen LogP contribution < -0.4 is 0 Å². The van der Waals surface area contributed by atoms with Gasteiger partial charge in [-0.1, -0.05) is 67.5 Å². The van der Waals surface area contributed by atoms with Crippen molar-refractivity contribution in [3.05, 3.63) is 72.7 Å². The lowest BCUT2D eigenvalue weighted by molar-refractivity contribution is 0.418. The summed E-state index contributed by atoms with van der Waals surface area (Å²) in [6.07, 6.45) is 2.74. The van der Waals surface area contributed by atoms with Crippen molar-refractivity contribution in [3.63, 3.8) is 0 Å². The van der Waals surface area contributed by atoms with Gasteiger partial charge < -0.3 is 4.52 Å². The summed E-state index contributed by atoms with van der Waals surface area (Å²) < 4.78 is 7.40. The van der Waals surface area contributed by atoms with Crippen molar-refractivity contribution in [1.82, 2.24) is 19.9 Å². The van der Waals surface area contributed by atoms with E-state index in [2.05, 4.69) is 24.0 Å². The quantitative estimate of drug-likeness (QED) is 0.522. The molecule has 0 atom stereocenters. The summed E-state index contributed by atoms with van der Waals surface area (Å²) in [5.41, 5.74) is 3.66. The first-order chi connectivity index (χ1) is 12.7. The van der Waals surface area contributed by atoms with Gasteiger partial charge in [0, 0.05) is 18.2 Å². The van der Waals surface area contributed by atoms with Gasteiger partial charge in [0.05, 0.1) is 11.3 Å². The Hall–Kier alpha value is -3.21. The summed E-state index contributed by atoms with van der Waals surface area (Å²) in [7, 11) is 0. The fourth-order valence-electron chi connectivity index (χ4n) is 2.86. The van der Waals surface area contributed by atoms with Crippen LogP contribution in [-0.2, 0) is 6.42 Å². The molecule has 0 unspecified atom stereocenters. The van der Waals surface area contributed by atoms with Gasteiger partial charge in [0.1, 0.15) is 5.69 Å². The minimum absolute atomic E-state index is 0.473. The Balaban J connectivity index is 1.82. The second kappa shape index (κ2) is 6.96. The number of hydrogen-bond donors (Lipinski definition) is 0. The molecular weight excluding hydrogens is 324 g/mol. The highest BCUT2D eigenvalue weighted by Gasteiger charge is 2.19. The Morgan fingerprint density at radius 2 is 1.65 bits per heavy atom. The molecule has 0 aliphatic rings. The van der Waals surface area contributed by atoms with Gasteiger partial charge >= 0.3 is 0 Å². The van der Waals surface area contributed by atoms with Gasteiger partial charge in [0.15, 0.2) is 5.82 Å². The molecular formula is C21H20N4O. The molecule has 0 saturated carbocycles. The van der Waals surface area contributed by atoms with Crippen LogP contribution >= 0.6 is 0 Å². The number of hydrogen-bond acceptors (Lipinski definition) is 4. The highest BCUT2D eigenvalue weighted by Crippen LogP contribution is 2.31. The van der Waals surface area contributed by atoms with Crippen LogP contribution in [0.1, 0.15) is 19.7 Å². The maximum Gasteiger partial charge on any atom is 0.261 e. The number of para-hydroxylation sites is 1. The molecule has 0 aliphatic carbocycles. The van der Waals surface area contributed by atoms with Crippen molar-refractivity contribution in [2.45, 2.75) is 20.3 Å². The minimum Gasteiger partial charge on any atom is -0.334 e. The molecule has 2 aromatic heterocycles. The number of rotatable bonds is 5. The van der Waals surface area contributed by atoms with Crippen molar-refractivity contribution >= 4 is 0 Å². The zero-order valence-corrected chi connectivity index (χ0v) is 14.8. The smallest absolute Gasteiger partial charge is 0.261 e. The molecule has 0 radical (unpaired) electrons. The van der Waals surface area contributed by atoms with E-state index in [-0.39, 0.29) is 0 Å². The second-order valence-electron chi connectivity index (χ2n) is 6.65. The van der Waals surface area contributed by atoms with Crippen LogP contribution in [0.15, 0.2) is 71.4 Å². The van der Waals surface area contributed by atoms with Crippen LogP contribution in [0.3, 0.4) is 0 Å². The van der Waals surface area contributed by atoms with Crippen LogP contribution in [-0.4, -0.2) is 19.9 Å². The molecule has 0 amide bonds. The first kappa shape index (κ1) is 16.3. The van der Waals surface area contributed by atoms with Gasteiger partial charge in [-0.15, -0.1) is 0 Å². The van der Waals surface area contributed by atoms with E-state index >= 15 is 0 Å². The van der Waals surface area contributed by atoms with E-state index in [0.29, 0.717) is 11.8 Å². The maximum absolute atomic E-state index is 5.55. The topological polar surface area (TPSA) is 56.7 Å². The first-order valence-corrected chi connectivity index (χ1v) is 8.74. The zero-order chi connectivity index (χ0) is 17.9. The molecule has 0 aliphatic heterocycles. The first-order valence-electron chi connectivity index (χ1n) is 8.74. The molecule has 2 heterocycles. The van der Waals surface area contributed by atoms with Crippen molar-refractivity contribution < 1.29 is 4.52 Å². The monoisotopic (exact) mass is 344 g/mol. The van der Waals surface area contributed by atoms with Crippen molar-refractivity contribution in [1.29, 1.82) is 0 Å². The normalized spacial score (nSPS) is 11.2. The molecule has 0 N–H and O–H groups in total. The second-order valence-corrected chi connectivity index (χ2v) is 6.65. The molecule has 5 nitrogen and oxygen atoms in total. The van der Waals surface area contributed by atoms with E-state index in [1.165, 1.54) is 0 Å². The van der Waals surface area contributed by atoms with E-state index < -0.39 is 0 Å². The molecule has 0 bridgehead atoms. The highest BCUT2D eigenvalue weighted by atomic mass is 16.5. The van der Waals surface area contributed by atoms with E-state index in [0.717, 1.165) is 34.8 Å². The largest absolute Gasteiger partial charge is 0.334 e. The van der Waals surface area contributed by atoms with Gasteiger partial charge in [-0.25, -0.2) is 4.68 Å². The van der Waals surface area contributed by atoms with Crippen LogP contribution in [0, 0.1) is 5.92 Å². The van der Waals surface area contributed by atoms with Gasteiger partial charge in [0.25, 0.3) is 5.89 Å².